The maximum atomic E-state index is 12.3. The average molecular weight is 440 g/mol. The number of ether oxygens (including phenoxy) is 2. The van der Waals surface area contributed by atoms with E-state index >= 15 is 0 Å². The second kappa shape index (κ2) is 11.2. The van der Waals surface area contributed by atoms with Gasteiger partial charge in [-0.1, -0.05) is 30.3 Å². The number of nitrogens with zero attached hydrogens (tertiary/aromatic N) is 1. The van der Waals surface area contributed by atoms with Crippen molar-refractivity contribution in [1.29, 1.82) is 0 Å². The molecule has 2 N–H and O–H groups in total. The topological polar surface area (TPSA) is 122 Å². The largest absolute Gasteiger partial charge is 0.454 e. The summed E-state index contributed by atoms with van der Waals surface area (Å²) in [5.41, 5.74) is 1.12. The van der Waals surface area contributed by atoms with E-state index in [0.717, 1.165) is 0 Å². The normalized spacial score (nSPS) is 15.8. The summed E-state index contributed by atoms with van der Waals surface area (Å²) in [6, 6.07) is 14.5. The Morgan fingerprint density at radius 2 is 1.78 bits per heavy atom. The molecule has 2 aromatic carbocycles. The Bertz CT molecular complexity index is 958. The molecule has 1 fully saturated rings. The van der Waals surface area contributed by atoms with Gasteiger partial charge in [0.1, 0.15) is 6.10 Å². The minimum absolute atomic E-state index is 0.153. The fourth-order valence-electron chi connectivity index (χ4n) is 3.17. The number of anilines is 1. The molecular weight excluding hydrogens is 416 g/mol. The summed E-state index contributed by atoms with van der Waals surface area (Å²) < 4.78 is 10.4. The first kappa shape index (κ1) is 23.1. The van der Waals surface area contributed by atoms with Crippen molar-refractivity contribution in [2.45, 2.75) is 12.5 Å². The van der Waals surface area contributed by atoms with E-state index < -0.39 is 18.0 Å². The zero-order chi connectivity index (χ0) is 22.9. The molecule has 0 bridgehead atoms. The van der Waals surface area contributed by atoms with Crippen molar-refractivity contribution in [3.05, 3.63) is 65.7 Å². The summed E-state index contributed by atoms with van der Waals surface area (Å²) in [6.45, 7) is 0.359. The molecular formula is C23H24N2O7. The van der Waals surface area contributed by atoms with E-state index in [1.807, 2.05) is 0 Å². The number of ketones is 1. The minimum atomic E-state index is -0.897. The van der Waals surface area contributed by atoms with Crippen LogP contribution in [0.25, 0.3) is 0 Å². The second-order valence-corrected chi connectivity index (χ2v) is 7.10. The number of hydrogen-bond donors (Lipinski definition) is 2. The molecule has 9 heteroatoms. The second-order valence-electron chi connectivity index (χ2n) is 7.10. The van der Waals surface area contributed by atoms with Crippen LogP contribution in [0.5, 0.6) is 0 Å². The molecule has 1 saturated heterocycles. The number of aliphatic hydroxyl groups excluding tert-OH is 1. The van der Waals surface area contributed by atoms with Crippen molar-refractivity contribution in [3.8, 4) is 0 Å². The Balaban J connectivity index is 1.48. The summed E-state index contributed by atoms with van der Waals surface area (Å²) in [6.07, 6.45) is -1.06. The minimum Gasteiger partial charge on any atom is -0.454 e. The SMILES string of the molecule is O=C(CC1OCCN(CCO)C1=O)Nc1ccc(C(=O)OCC(=O)c2ccccc2)cc1. The number of benzene rings is 2. The number of carbonyl (C=O) groups is 4. The summed E-state index contributed by atoms with van der Waals surface area (Å²) in [7, 11) is 0. The Hall–Kier alpha value is -3.56. The van der Waals surface area contributed by atoms with Crippen LogP contribution in [-0.2, 0) is 19.1 Å². The molecule has 2 amide bonds. The number of amides is 2. The molecule has 168 valence electrons. The van der Waals surface area contributed by atoms with Crippen LogP contribution in [0.2, 0.25) is 0 Å². The van der Waals surface area contributed by atoms with E-state index in [-0.39, 0.29) is 43.4 Å². The number of carbonyl (C=O) groups excluding carboxylic acids is 4. The number of nitrogens with one attached hydrogen (secondary N) is 1. The van der Waals surface area contributed by atoms with Gasteiger partial charge < -0.3 is 24.8 Å². The van der Waals surface area contributed by atoms with E-state index in [1.54, 1.807) is 30.3 Å². The van der Waals surface area contributed by atoms with Crippen molar-refractivity contribution in [2.24, 2.45) is 0 Å². The van der Waals surface area contributed by atoms with Crippen LogP contribution in [0, 0.1) is 0 Å². The van der Waals surface area contributed by atoms with Crippen molar-refractivity contribution >= 4 is 29.3 Å². The molecule has 3 rings (SSSR count). The van der Waals surface area contributed by atoms with Crippen LogP contribution in [-0.4, -0.2) is 72.6 Å². The predicted molar refractivity (Wildman–Crippen MR) is 114 cm³/mol. The third-order valence-electron chi connectivity index (χ3n) is 4.84. The van der Waals surface area contributed by atoms with Gasteiger partial charge in [-0.25, -0.2) is 4.79 Å². The van der Waals surface area contributed by atoms with E-state index in [9.17, 15) is 19.2 Å². The number of rotatable bonds is 9. The average Bonchev–Trinajstić information content (AvgIpc) is 2.81. The monoisotopic (exact) mass is 440 g/mol. The summed E-state index contributed by atoms with van der Waals surface area (Å²) in [5, 5.41) is 11.7. The Kier molecular flexibility index (Phi) is 8.07. The van der Waals surface area contributed by atoms with Crippen molar-refractivity contribution < 1.29 is 33.8 Å². The van der Waals surface area contributed by atoms with Gasteiger partial charge in [-0.2, -0.15) is 0 Å². The molecule has 0 radical (unpaired) electrons. The first-order chi connectivity index (χ1) is 15.5. The highest BCUT2D eigenvalue weighted by atomic mass is 16.5. The number of hydrogen-bond acceptors (Lipinski definition) is 7. The number of esters is 1. The number of β-amino-alcohol motifs (C(OH)–C–C–N with tert-alkyl or cyclic N) is 1. The lowest BCUT2D eigenvalue weighted by molar-refractivity contribution is -0.155. The summed E-state index contributed by atoms with van der Waals surface area (Å²) in [4.78, 5) is 50.2. The van der Waals surface area contributed by atoms with Crippen LogP contribution in [0.4, 0.5) is 5.69 Å². The first-order valence-electron chi connectivity index (χ1n) is 10.1. The lowest BCUT2D eigenvalue weighted by atomic mass is 10.1. The number of morpholine rings is 1. The van der Waals surface area contributed by atoms with Gasteiger partial charge in [0.05, 0.1) is 25.2 Å². The molecule has 0 spiro atoms. The van der Waals surface area contributed by atoms with Crippen LogP contribution in [0.1, 0.15) is 27.1 Å². The molecule has 2 aromatic rings. The molecule has 0 saturated carbocycles. The van der Waals surface area contributed by atoms with E-state index in [4.69, 9.17) is 14.6 Å². The lowest BCUT2D eigenvalue weighted by Crippen LogP contribution is -2.49. The van der Waals surface area contributed by atoms with Crippen molar-refractivity contribution in [2.75, 3.05) is 38.2 Å². The van der Waals surface area contributed by atoms with Crippen molar-refractivity contribution in [1.82, 2.24) is 4.90 Å². The third kappa shape index (κ3) is 6.22. The highest BCUT2D eigenvalue weighted by molar-refractivity contribution is 5.99. The Morgan fingerprint density at radius 1 is 1.06 bits per heavy atom. The first-order valence-corrected chi connectivity index (χ1v) is 10.1. The van der Waals surface area contributed by atoms with Gasteiger partial charge in [-0.05, 0) is 24.3 Å². The predicted octanol–water partition coefficient (Wildman–Crippen LogP) is 1.27. The molecule has 1 unspecified atom stereocenters. The molecule has 1 atom stereocenters. The van der Waals surface area contributed by atoms with Crippen LogP contribution in [0.3, 0.4) is 0 Å². The Morgan fingerprint density at radius 3 is 2.47 bits per heavy atom. The van der Waals surface area contributed by atoms with Gasteiger partial charge in [-0.3, -0.25) is 14.4 Å². The summed E-state index contributed by atoms with van der Waals surface area (Å²) >= 11 is 0. The summed E-state index contributed by atoms with van der Waals surface area (Å²) in [5.74, 6) is -1.71. The van der Waals surface area contributed by atoms with Crippen LogP contribution >= 0.6 is 0 Å². The molecule has 0 aromatic heterocycles. The lowest BCUT2D eigenvalue weighted by Gasteiger charge is -2.31. The molecule has 1 aliphatic heterocycles. The highest BCUT2D eigenvalue weighted by Crippen LogP contribution is 2.14. The molecule has 32 heavy (non-hydrogen) atoms. The molecule has 1 aliphatic rings. The van der Waals surface area contributed by atoms with Crippen LogP contribution in [0.15, 0.2) is 54.6 Å². The standard InChI is InChI=1S/C23H24N2O7/c26-12-10-25-11-13-31-20(22(25)29)14-21(28)24-18-8-6-17(7-9-18)23(30)32-15-19(27)16-4-2-1-3-5-16/h1-9,20,26H,10-15H2,(H,24,28). The fraction of sp³-hybridized carbons (Fsp3) is 0.304. The zero-order valence-corrected chi connectivity index (χ0v) is 17.4. The fourth-order valence-corrected chi connectivity index (χ4v) is 3.17. The number of Topliss-reactive ketones (excluding diaryl/α,β-unsaturated/α-hetero) is 1. The van der Waals surface area contributed by atoms with Gasteiger partial charge in [0, 0.05) is 24.3 Å². The van der Waals surface area contributed by atoms with Gasteiger partial charge in [0.2, 0.25) is 5.91 Å². The highest BCUT2D eigenvalue weighted by Gasteiger charge is 2.31. The third-order valence-corrected chi connectivity index (χ3v) is 4.84. The maximum absolute atomic E-state index is 12.3. The number of aliphatic hydroxyl groups is 1. The zero-order valence-electron chi connectivity index (χ0n) is 17.4. The van der Waals surface area contributed by atoms with E-state index in [0.29, 0.717) is 24.4 Å². The van der Waals surface area contributed by atoms with E-state index in [2.05, 4.69) is 5.32 Å². The van der Waals surface area contributed by atoms with Crippen LogP contribution < -0.4 is 5.32 Å². The van der Waals surface area contributed by atoms with Crippen molar-refractivity contribution in [3.63, 3.8) is 0 Å². The van der Waals surface area contributed by atoms with Gasteiger partial charge in [0.15, 0.2) is 12.4 Å². The van der Waals surface area contributed by atoms with Gasteiger partial charge in [0.25, 0.3) is 5.91 Å². The van der Waals surface area contributed by atoms with Gasteiger partial charge >= 0.3 is 5.97 Å². The Labute approximate surface area is 184 Å². The molecule has 9 nitrogen and oxygen atoms in total. The molecule has 0 aliphatic carbocycles. The van der Waals surface area contributed by atoms with E-state index in [1.165, 1.54) is 29.2 Å². The van der Waals surface area contributed by atoms with Gasteiger partial charge in [-0.15, -0.1) is 0 Å². The quantitative estimate of drug-likeness (QED) is 0.445. The maximum Gasteiger partial charge on any atom is 0.338 e. The smallest absolute Gasteiger partial charge is 0.338 e. The molecule has 1 heterocycles.